The van der Waals surface area contributed by atoms with Gasteiger partial charge in [-0.3, -0.25) is 0 Å². The van der Waals surface area contributed by atoms with Crippen molar-refractivity contribution in [3.63, 3.8) is 0 Å². The minimum absolute atomic E-state index is 0.103. The Morgan fingerprint density at radius 2 is 1.81 bits per heavy atom. The number of hydrogen-bond donors (Lipinski definition) is 1. The van der Waals surface area contributed by atoms with Gasteiger partial charge in [0, 0.05) is 15.7 Å². The van der Waals surface area contributed by atoms with E-state index < -0.39 is 6.10 Å². The Labute approximate surface area is 130 Å². The van der Waals surface area contributed by atoms with E-state index in [9.17, 15) is 5.11 Å². The summed E-state index contributed by atoms with van der Waals surface area (Å²) >= 11 is 1.76. The van der Waals surface area contributed by atoms with Gasteiger partial charge < -0.3 is 9.84 Å². The molecule has 0 fully saturated rings. The molecule has 1 N–H and O–H groups in total. The predicted octanol–water partition coefficient (Wildman–Crippen LogP) is 4.22. The lowest BCUT2D eigenvalue weighted by molar-refractivity contribution is 0.163. The second-order valence-electron chi connectivity index (χ2n) is 5.62. The highest BCUT2D eigenvalue weighted by Gasteiger charge is 2.30. The Morgan fingerprint density at radius 1 is 1.10 bits per heavy atom. The maximum absolute atomic E-state index is 10.8. The third-order valence-electron chi connectivity index (χ3n) is 3.62. The zero-order chi connectivity index (χ0) is 14.8. The van der Waals surface area contributed by atoms with Crippen molar-refractivity contribution in [2.24, 2.45) is 0 Å². The highest BCUT2D eigenvalue weighted by Crippen LogP contribution is 2.44. The van der Waals surface area contributed by atoms with Crippen LogP contribution in [0.2, 0.25) is 0 Å². The van der Waals surface area contributed by atoms with Gasteiger partial charge in [-0.1, -0.05) is 36.4 Å². The molecule has 3 heteroatoms. The number of benzene rings is 2. The van der Waals surface area contributed by atoms with Crippen molar-refractivity contribution in [3.05, 3.63) is 59.7 Å². The second kappa shape index (κ2) is 6.12. The van der Waals surface area contributed by atoms with Crippen LogP contribution in [0, 0.1) is 0 Å². The molecule has 0 saturated heterocycles. The number of thioether (sulfide) groups is 1. The van der Waals surface area contributed by atoms with Crippen LogP contribution in [0.4, 0.5) is 0 Å². The lowest BCUT2D eigenvalue weighted by atomic mass is 10.0. The van der Waals surface area contributed by atoms with Crippen LogP contribution in [0.25, 0.3) is 0 Å². The number of para-hydroxylation sites is 1. The Morgan fingerprint density at radius 3 is 2.57 bits per heavy atom. The molecule has 0 bridgehead atoms. The molecule has 1 aliphatic rings. The van der Waals surface area contributed by atoms with Crippen LogP contribution >= 0.6 is 11.8 Å². The molecule has 110 valence electrons. The van der Waals surface area contributed by atoms with Crippen LogP contribution < -0.4 is 4.74 Å². The van der Waals surface area contributed by atoms with E-state index in [1.54, 1.807) is 11.8 Å². The fourth-order valence-electron chi connectivity index (χ4n) is 2.67. The summed E-state index contributed by atoms with van der Waals surface area (Å²) in [6, 6.07) is 16.2. The summed E-state index contributed by atoms with van der Waals surface area (Å²) in [5, 5.41) is 10.9. The summed E-state index contributed by atoms with van der Waals surface area (Å²) in [5.74, 6) is 0.788. The smallest absolute Gasteiger partial charge is 0.125 e. The molecule has 1 heterocycles. The lowest BCUT2D eigenvalue weighted by Gasteiger charge is -2.21. The minimum Gasteiger partial charge on any atom is -0.491 e. The van der Waals surface area contributed by atoms with Gasteiger partial charge in [-0.2, -0.15) is 0 Å². The third-order valence-corrected chi connectivity index (χ3v) is 5.00. The van der Waals surface area contributed by atoms with E-state index in [0.717, 1.165) is 17.7 Å². The monoisotopic (exact) mass is 300 g/mol. The van der Waals surface area contributed by atoms with E-state index in [0.29, 0.717) is 0 Å². The lowest BCUT2D eigenvalue weighted by Crippen LogP contribution is -2.16. The van der Waals surface area contributed by atoms with Crippen molar-refractivity contribution in [1.29, 1.82) is 0 Å². The van der Waals surface area contributed by atoms with Crippen molar-refractivity contribution in [1.82, 2.24) is 0 Å². The minimum atomic E-state index is -0.516. The van der Waals surface area contributed by atoms with Gasteiger partial charge in [-0.05, 0) is 38.0 Å². The van der Waals surface area contributed by atoms with Gasteiger partial charge in [0.2, 0.25) is 0 Å². The summed E-state index contributed by atoms with van der Waals surface area (Å²) in [4.78, 5) is 1.28. The average molecular weight is 300 g/mol. The van der Waals surface area contributed by atoms with E-state index >= 15 is 0 Å². The van der Waals surface area contributed by atoms with Crippen LogP contribution in [0.5, 0.6) is 5.75 Å². The number of aliphatic hydroxyl groups excluding tert-OH is 1. The van der Waals surface area contributed by atoms with Gasteiger partial charge in [0.15, 0.2) is 0 Å². The number of hydrogen-bond acceptors (Lipinski definition) is 3. The van der Waals surface area contributed by atoms with Crippen molar-refractivity contribution < 1.29 is 9.84 Å². The van der Waals surface area contributed by atoms with Crippen LogP contribution in [-0.4, -0.2) is 16.5 Å². The molecular formula is C18H20O2S. The molecule has 0 amide bonds. The van der Waals surface area contributed by atoms with Crippen molar-refractivity contribution >= 4 is 11.8 Å². The van der Waals surface area contributed by atoms with E-state index in [1.165, 1.54) is 10.5 Å². The zero-order valence-electron chi connectivity index (χ0n) is 12.3. The van der Waals surface area contributed by atoms with Crippen LogP contribution in [0.1, 0.15) is 31.1 Å². The highest BCUT2D eigenvalue weighted by molar-refractivity contribution is 8.00. The Hall–Kier alpha value is -1.45. The van der Waals surface area contributed by atoms with E-state index in [-0.39, 0.29) is 11.4 Å². The third kappa shape index (κ3) is 3.09. The quantitative estimate of drug-likeness (QED) is 0.916. The first-order valence-corrected chi connectivity index (χ1v) is 8.21. The van der Waals surface area contributed by atoms with Gasteiger partial charge in [-0.25, -0.2) is 0 Å². The van der Waals surface area contributed by atoms with Crippen LogP contribution in [0.3, 0.4) is 0 Å². The first-order valence-electron chi connectivity index (χ1n) is 7.33. The van der Waals surface area contributed by atoms with E-state index in [1.807, 2.05) is 38.1 Å². The van der Waals surface area contributed by atoms with Gasteiger partial charge >= 0.3 is 0 Å². The van der Waals surface area contributed by atoms with E-state index in [2.05, 4.69) is 24.3 Å². The summed E-state index contributed by atoms with van der Waals surface area (Å²) in [7, 11) is 0. The fraction of sp³-hybridized carbons (Fsp3) is 0.333. The fourth-order valence-corrected chi connectivity index (χ4v) is 4.00. The SMILES string of the molecule is CC(C)Oc1ccccc1C(O)C1Cc2ccccc2S1. The van der Waals surface area contributed by atoms with Gasteiger partial charge in [0.25, 0.3) is 0 Å². The number of ether oxygens (including phenoxy) is 1. The molecule has 1 aliphatic heterocycles. The van der Waals surface area contributed by atoms with Crippen LogP contribution in [-0.2, 0) is 6.42 Å². The molecule has 0 spiro atoms. The first kappa shape index (κ1) is 14.5. The largest absolute Gasteiger partial charge is 0.491 e. The zero-order valence-corrected chi connectivity index (χ0v) is 13.1. The number of aliphatic hydroxyl groups is 1. The molecule has 2 unspecified atom stereocenters. The molecule has 2 aromatic carbocycles. The van der Waals surface area contributed by atoms with Gasteiger partial charge in [0.05, 0.1) is 12.2 Å². The molecular weight excluding hydrogens is 280 g/mol. The van der Waals surface area contributed by atoms with Crippen molar-refractivity contribution in [3.8, 4) is 5.75 Å². The molecule has 2 aromatic rings. The molecule has 0 aromatic heterocycles. The summed E-state index contributed by atoms with van der Waals surface area (Å²) in [6.07, 6.45) is 0.488. The molecule has 21 heavy (non-hydrogen) atoms. The molecule has 0 saturated carbocycles. The summed E-state index contributed by atoms with van der Waals surface area (Å²) < 4.78 is 5.83. The van der Waals surface area contributed by atoms with Gasteiger partial charge in [0.1, 0.15) is 5.75 Å². The van der Waals surface area contributed by atoms with Gasteiger partial charge in [-0.15, -0.1) is 11.8 Å². The highest BCUT2D eigenvalue weighted by atomic mass is 32.2. The van der Waals surface area contributed by atoms with E-state index in [4.69, 9.17) is 4.74 Å². The topological polar surface area (TPSA) is 29.5 Å². The Kier molecular flexibility index (Phi) is 4.22. The van der Waals surface area contributed by atoms with Crippen molar-refractivity contribution in [2.45, 2.75) is 42.6 Å². The molecule has 0 radical (unpaired) electrons. The predicted molar refractivity (Wildman–Crippen MR) is 87.0 cm³/mol. The van der Waals surface area contributed by atoms with Crippen LogP contribution in [0.15, 0.2) is 53.4 Å². The maximum Gasteiger partial charge on any atom is 0.125 e. The molecule has 3 rings (SSSR count). The average Bonchev–Trinajstić information content (AvgIpc) is 2.90. The maximum atomic E-state index is 10.8. The normalized spacial score (nSPS) is 18.6. The Bertz CT molecular complexity index is 599. The first-order chi connectivity index (χ1) is 10.1. The number of fused-ring (bicyclic) bond motifs is 1. The molecule has 0 aliphatic carbocycles. The van der Waals surface area contributed by atoms with Crippen molar-refractivity contribution in [2.75, 3.05) is 0 Å². The Balaban J connectivity index is 1.82. The second-order valence-corrected chi connectivity index (χ2v) is 6.90. The summed E-state index contributed by atoms with van der Waals surface area (Å²) in [6.45, 7) is 4.01. The molecule has 2 atom stereocenters. The standard InChI is InChI=1S/C18H20O2S/c1-12(2)20-15-9-5-4-8-14(15)18(19)17-11-13-7-3-6-10-16(13)21-17/h3-10,12,17-19H,11H2,1-2H3. The molecule has 2 nitrogen and oxygen atoms in total. The number of rotatable bonds is 4. The summed E-state index contributed by atoms with van der Waals surface area (Å²) in [5.41, 5.74) is 2.21.